The standard InChI is InChI=1S/C13H21NO2/c1-9(2)8-11(15)13(14)16-12-7-5-4-6-10(12)3/h4-7,9,11,13,15H,8,14H2,1-3H3. The molecule has 0 aliphatic carbocycles. The van der Waals surface area contributed by atoms with Gasteiger partial charge in [0.25, 0.3) is 0 Å². The van der Waals surface area contributed by atoms with Crippen LogP contribution in [0.25, 0.3) is 0 Å². The Labute approximate surface area is 97.2 Å². The summed E-state index contributed by atoms with van der Waals surface area (Å²) in [4.78, 5) is 0. The van der Waals surface area contributed by atoms with Crippen LogP contribution in [0.5, 0.6) is 5.75 Å². The molecule has 0 heterocycles. The topological polar surface area (TPSA) is 55.5 Å². The number of aliphatic hydroxyl groups excluding tert-OH is 1. The van der Waals surface area contributed by atoms with Gasteiger partial charge in [0.05, 0.1) is 0 Å². The van der Waals surface area contributed by atoms with E-state index >= 15 is 0 Å². The number of hydrogen-bond donors (Lipinski definition) is 2. The lowest BCUT2D eigenvalue weighted by Crippen LogP contribution is -2.40. The van der Waals surface area contributed by atoms with Crippen molar-refractivity contribution in [2.45, 2.75) is 39.5 Å². The molecular formula is C13H21NO2. The minimum atomic E-state index is -0.663. The summed E-state index contributed by atoms with van der Waals surface area (Å²) in [7, 11) is 0. The van der Waals surface area contributed by atoms with Gasteiger partial charge in [-0.2, -0.15) is 0 Å². The summed E-state index contributed by atoms with van der Waals surface area (Å²) in [6.07, 6.45) is -0.643. The molecule has 0 bridgehead atoms. The van der Waals surface area contributed by atoms with Crippen molar-refractivity contribution < 1.29 is 9.84 Å². The SMILES string of the molecule is Cc1ccccc1OC(N)C(O)CC(C)C. The number of aryl methyl sites for hydroxylation is 1. The van der Waals surface area contributed by atoms with E-state index in [1.807, 2.05) is 45.0 Å². The first kappa shape index (κ1) is 13.0. The summed E-state index contributed by atoms with van der Waals surface area (Å²) < 4.78 is 5.54. The maximum atomic E-state index is 9.79. The zero-order valence-electron chi connectivity index (χ0n) is 10.2. The molecule has 16 heavy (non-hydrogen) atoms. The van der Waals surface area contributed by atoms with E-state index in [9.17, 15) is 5.11 Å². The third kappa shape index (κ3) is 3.83. The van der Waals surface area contributed by atoms with Crippen LogP contribution in [0.3, 0.4) is 0 Å². The first-order valence-electron chi connectivity index (χ1n) is 5.66. The smallest absolute Gasteiger partial charge is 0.173 e. The summed E-state index contributed by atoms with van der Waals surface area (Å²) in [6.45, 7) is 6.05. The van der Waals surface area contributed by atoms with Crippen LogP contribution in [0.15, 0.2) is 24.3 Å². The van der Waals surface area contributed by atoms with Crippen molar-refractivity contribution in [3.05, 3.63) is 29.8 Å². The average Bonchev–Trinajstić information content (AvgIpc) is 2.20. The molecule has 2 atom stereocenters. The average molecular weight is 223 g/mol. The molecule has 0 fully saturated rings. The number of nitrogens with two attached hydrogens (primary N) is 1. The van der Waals surface area contributed by atoms with Gasteiger partial charge < -0.3 is 9.84 Å². The van der Waals surface area contributed by atoms with Crippen molar-refractivity contribution >= 4 is 0 Å². The lowest BCUT2D eigenvalue weighted by atomic mass is 10.1. The van der Waals surface area contributed by atoms with Crippen LogP contribution < -0.4 is 10.5 Å². The second-order valence-electron chi connectivity index (χ2n) is 4.54. The van der Waals surface area contributed by atoms with E-state index in [-0.39, 0.29) is 0 Å². The predicted octanol–water partition coefficient (Wildman–Crippen LogP) is 2.07. The number of aliphatic hydroxyl groups is 1. The Morgan fingerprint density at radius 1 is 1.31 bits per heavy atom. The molecule has 3 N–H and O–H groups in total. The van der Waals surface area contributed by atoms with E-state index in [4.69, 9.17) is 10.5 Å². The fourth-order valence-corrected chi connectivity index (χ4v) is 1.53. The van der Waals surface area contributed by atoms with Gasteiger partial charge in [0.1, 0.15) is 11.9 Å². The first-order chi connectivity index (χ1) is 7.50. The van der Waals surface area contributed by atoms with Gasteiger partial charge in [0, 0.05) is 0 Å². The highest BCUT2D eigenvalue weighted by molar-refractivity contribution is 5.31. The van der Waals surface area contributed by atoms with Crippen LogP contribution in [0.2, 0.25) is 0 Å². The molecule has 1 aromatic rings. The number of ether oxygens (including phenoxy) is 1. The van der Waals surface area contributed by atoms with Crippen molar-refractivity contribution in [1.29, 1.82) is 0 Å². The van der Waals surface area contributed by atoms with Crippen LogP contribution in [0, 0.1) is 12.8 Å². The molecule has 0 radical (unpaired) electrons. The maximum absolute atomic E-state index is 9.79. The third-order valence-electron chi connectivity index (χ3n) is 2.45. The largest absolute Gasteiger partial charge is 0.473 e. The van der Waals surface area contributed by atoms with Gasteiger partial charge in [-0.05, 0) is 30.9 Å². The predicted molar refractivity (Wildman–Crippen MR) is 65.2 cm³/mol. The summed E-state index contributed by atoms with van der Waals surface area (Å²) in [5, 5.41) is 9.79. The van der Waals surface area contributed by atoms with Gasteiger partial charge in [-0.1, -0.05) is 32.0 Å². The number of benzene rings is 1. The Hall–Kier alpha value is -1.06. The second-order valence-corrected chi connectivity index (χ2v) is 4.54. The van der Waals surface area contributed by atoms with Gasteiger partial charge in [0.15, 0.2) is 6.23 Å². The van der Waals surface area contributed by atoms with Gasteiger partial charge in [-0.25, -0.2) is 0 Å². The van der Waals surface area contributed by atoms with Gasteiger partial charge in [-0.15, -0.1) is 0 Å². The van der Waals surface area contributed by atoms with Crippen molar-refractivity contribution in [3.63, 3.8) is 0 Å². The van der Waals surface area contributed by atoms with Crippen LogP contribution in [-0.2, 0) is 0 Å². The fourth-order valence-electron chi connectivity index (χ4n) is 1.53. The van der Waals surface area contributed by atoms with Crippen LogP contribution in [-0.4, -0.2) is 17.4 Å². The molecule has 2 unspecified atom stereocenters. The van der Waals surface area contributed by atoms with Gasteiger partial charge >= 0.3 is 0 Å². The zero-order valence-corrected chi connectivity index (χ0v) is 10.2. The summed E-state index contributed by atoms with van der Waals surface area (Å²) >= 11 is 0. The van der Waals surface area contributed by atoms with E-state index in [1.54, 1.807) is 0 Å². The summed E-state index contributed by atoms with van der Waals surface area (Å²) in [6, 6.07) is 7.65. The number of hydrogen-bond acceptors (Lipinski definition) is 3. The molecule has 0 aliphatic heterocycles. The second kappa shape index (κ2) is 5.87. The first-order valence-corrected chi connectivity index (χ1v) is 5.66. The summed E-state index contributed by atoms with van der Waals surface area (Å²) in [5.74, 6) is 1.14. The minimum Gasteiger partial charge on any atom is -0.473 e. The third-order valence-corrected chi connectivity index (χ3v) is 2.45. The van der Waals surface area contributed by atoms with Crippen molar-refractivity contribution in [1.82, 2.24) is 0 Å². The van der Waals surface area contributed by atoms with Crippen LogP contribution in [0.1, 0.15) is 25.8 Å². The Balaban J connectivity index is 2.57. The molecule has 3 nitrogen and oxygen atoms in total. The molecule has 1 rings (SSSR count). The molecule has 3 heteroatoms. The van der Waals surface area contributed by atoms with E-state index in [0.717, 1.165) is 11.3 Å². The van der Waals surface area contributed by atoms with Crippen LogP contribution >= 0.6 is 0 Å². The zero-order chi connectivity index (χ0) is 12.1. The van der Waals surface area contributed by atoms with Gasteiger partial charge in [0.2, 0.25) is 0 Å². The molecule has 0 aliphatic rings. The molecule has 0 saturated heterocycles. The quantitative estimate of drug-likeness (QED) is 0.751. The highest BCUT2D eigenvalue weighted by atomic mass is 16.5. The normalized spacial score (nSPS) is 14.9. The number of rotatable bonds is 5. The molecule has 0 saturated carbocycles. The molecular weight excluding hydrogens is 202 g/mol. The Morgan fingerprint density at radius 3 is 2.50 bits per heavy atom. The molecule has 1 aromatic carbocycles. The highest BCUT2D eigenvalue weighted by Gasteiger charge is 2.18. The van der Waals surface area contributed by atoms with Crippen molar-refractivity contribution in [2.75, 3.05) is 0 Å². The molecule has 0 aromatic heterocycles. The monoisotopic (exact) mass is 223 g/mol. The molecule has 0 spiro atoms. The Bertz CT molecular complexity index is 325. The van der Waals surface area contributed by atoms with Crippen LogP contribution in [0.4, 0.5) is 0 Å². The highest BCUT2D eigenvalue weighted by Crippen LogP contribution is 2.18. The van der Waals surface area contributed by atoms with Crippen molar-refractivity contribution in [2.24, 2.45) is 11.7 Å². The molecule has 0 amide bonds. The van der Waals surface area contributed by atoms with Gasteiger partial charge in [-0.3, -0.25) is 5.73 Å². The van der Waals surface area contributed by atoms with E-state index in [0.29, 0.717) is 12.3 Å². The summed E-state index contributed by atoms with van der Waals surface area (Å²) in [5.41, 5.74) is 6.82. The Morgan fingerprint density at radius 2 is 1.94 bits per heavy atom. The Kier molecular flexibility index (Phi) is 4.77. The molecule has 90 valence electrons. The maximum Gasteiger partial charge on any atom is 0.173 e. The van der Waals surface area contributed by atoms with E-state index in [1.165, 1.54) is 0 Å². The van der Waals surface area contributed by atoms with E-state index in [2.05, 4.69) is 0 Å². The fraction of sp³-hybridized carbons (Fsp3) is 0.538. The lowest BCUT2D eigenvalue weighted by Gasteiger charge is -2.22. The van der Waals surface area contributed by atoms with E-state index < -0.39 is 12.3 Å². The minimum absolute atomic E-state index is 0.404. The number of para-hydroxylation sites is 1. The van der Waals surface area contributed by atoms with Crippen molar-refractivity contribution in [3.8, 4) is 5.75 Å². The lowest BCUT2D eigenvalue weighted by molar-refractivity contribution is 0.0265.